The van der Waals surface area contributed by atoms with Crippen LogP contribution in [0.4, 0.5) is 5.69 Å². The predicted molar refractivity (Wildman–Crippen MR) is 92.6 cm³/mol. The van der Waals surface area contributed by atoms with Crippen molar-refractivity contribution in [1.29, 1.82) is 0 Å². The summed E-state index contributed by atoms with van der Waals surface area (Å²) in [5.41, 5.74) is 7.63. The van der Waals surface area contributed by atoms with Gasteiger partial charge in [0, 0.05) is 27.3 Å². The number of methoxy groups -OCH3 is 1. The molecule has 0 aliphatic carbocycles. The van der Waals surface area contributed by atoms with E-state index in [1.165, 1.54) is 0 Å². The van der Waals surface area contributed by atoms with Gasteiger partial charge in [0.15, 0.2) is 0 Å². The normalized spacial score (nSPS) is 12.0. The van der Waals surface area contributed by atoms with Crippen molar-refractivity contribution in [3.05, 3.63) is 56.5 Å². The molecule has 0 fully saturated rings. The van der Waals surface area contributed by atoms with Gasteiger partial charge in [0.2, 0.25) is 0 Å². The molecule has 1 atom stereocenters. The van der Waals surface area contributed by atoms with E-state index in [1.54, 1.807) is 7.11 Å². The van der Waals surface area contributed by atoms with Gasteiger partial charge in [0.05, 0.1) is 18.2 Å². The predicted octanol–water partition coefficient (Wildman–Crippen LogP) is 4.88. The van der Waals surface area contributed by atoms with E-state index in [-0.39, 0.29) is 6.04 Å². The molecule has 112 valence electrons. The molecular weight excluding hydrogens is 375 g/mol. The standard InChI is InChI=1S/C15H15BrCl2N2O/c1-21-14-4-2-3-12(18)15(14)13(8-19)20-9-5-6-11(17)10(16)7-9/h2-7,13,20H,8,19H2,1H3. The van der Waals surface area contributed by atoms with E-state index in [1.807, 2.05) is 36.4 Å². The van der Waals surface area contributed by atoms with Crippen LogP contribution >= 0.6 is 39.1 Å². The van der Waals surface area contributed by atoms with Crippen molar-refractivity contribution in [3.8, 4) is 5.75 Å². The Labute approximate surface area is 142 Å². The maximum absolute atomic E-state index is 6.30. The molecule has 0 aliphatic rings. The molecule has 2 aromatic carbocycles. The zero-order valence-corrected chi connectivity index (χ0v) is 14.5. The van der Waals surface area contributed by atoms with Gasteiger partial charge < -0.3 is 15.8 Å². The number of hydrogen-bond acceptors (Lipinski definition) is 3. The van der Waals surface area contributed by atoms with Crippen molar-refractivity contribution in [2.45, 2.75) is 6.04 Å². The summed E-state index contributed by atoms with van der Waals surface area (Å²) in [6.45, 7) is 0.375. The number of hydrogen-bond donors (Lipinski definition) is 2. The largest absolute Gasteiger partial charge is 0.496 e. The zero-order chi connectivity index (χ0) is 15.4. The van der Waals surface area contributed by atoms with Crippen LogP contribution in [0.2, 0.25) is 10.0 Å². The van der Waals surface area contributed by atoms with Crippen LogP contribution in [-0.2, 0) is 0 Å². The number of rotatable bonds is 5. The third-order valence-electron chi connectivity index (χ3n) is 3.08. The molecule has 0 spiro atoms. The minimum absolute atomic E-state index is 0.165. The summed E-state index contributed by atoms with van der Waals surface area (Å²) >= 11 is 15.7. The molecule has 0 saturated carbocycles. The maximum atomic E-state index is 6.30. The summed E-state index contributed by atoms with van der Waals surface area (Å²) in [5.74, 6) is 0.707. The molecule has 2 rings (SSSR count). The summed E-state index contributed by atoms with van der Waals surface area (Å²) in [4.78, 5) is 0. The third-order valence-corrected chi connectivity index (χ3v) is 4.62. The first-order chi connectivity index (χ1) is 10.1. The second-order valence-electron chi connectivity index (χ2n) is 4.42. The van der Waals surface area contributed by atoms with Gasteiger partial charge in [-0.3, -0.25) is 0 Å². The second-order valence-corrected chi connectivity index (χ2v) is 6.09. The second kappa shape index (κ2) is 7.36. The van der Waals surface area contributed by atoms with E-state index in [9.17, 15) is 0 Å². The Balaban J connectivity index is 2.34. The lowest BCUT2D eigenvalue weighted by Gasteiger charge is -2.22. The molecule has 0 radical (unpaired) electrons. The molecule has 1 unspecified atom stereocenters. The molecule has 0 bridgehead atoms. The minimum Gasteiger partial charge on any atom is -0.496 e. The molecule has 0 heterocycles. The lowest BCUT2D eigenvalue weighted by molar-refractivity contribution is 0.407. The highest BCUT2D eigenvalue weighted by Crippen LogP contribution is 2.34. The van der Waals surface area contributed by atoms with Crippen molar-refractivity contribution in [2.24, 2.45) is 5.73 Å². The molecule has 21 heavy (non-hydrogen) atoms. The third kappa shape index (κ3) is 3.83. The van der Waals surface area contributed by atoms with Crippen molar-refractivity contribution in [3.63, 3.8) is 0 Å². The Morgan fingerprint density at radius 3 is 2.62 bits per heavy atom. The summed E-state index contributed by atoms with van der Waals surface area (Å²) in [7, 11) is 1.61. The number of nitrogens with one attached hydrogen (secondary N) is 1. The monoisotopic (exact) mass is 388 g/mol. The first-order valence-corrected chi connectivity index (χ1v) is 7.85. The summed E-state index contributed by atoms with van der Waals surface area (Å²) in [6, 6.07) is 11.0. The van der Waals surface area contributed by atoms with E-state index in [2.05, 4.69) is 21.2 Å². The average molecular weight is 390 g/mol. The fraction of sp³-hybridized carbons (Fsp3) is 0.200. The molecular formula is C15H15BrCl2N2O. The number of nitrogens with two attached hydrogens (primary N) is 1. The Hall–Kier alpha value is -0.940. The van der Waals surface area contributed by atoms with Crippen molar-refractivity contribution in [2.75, 3.05) is 19.0 Å². The molecule has 2 aromatic rings. The average Bonchev–Trinajstić information content (AvgIpc) is 2.48. The van der Waals surface area contributed by atoms with Crippen LogP contribution in [0.5, 0.6) is 5.75 Å². The van der Waals surface area contributed by atoms with E-state index in [4.69, 9.17) is 33.7 Å². The topological polar surface area (TPSA) is 47.3 Å². The molecule has 0 amide bonds. The van der Waals surface area contributed by atoms with Crippen LogP contribution < -0.4 is 15.8 Å². The molecule has 6 heteroatoms. The van der Waals surface area contributed by atoms with Crippen LogP contribution in [0.15, 0.2) is 40.9 Å². The Morgan fingerprint density at radius 1 is 1.24 bits per heavy atom. The minimum atomic E-state index is -0.165. The highest BCUT2D eigenvalue weighted by molar-refractivity contribution is 9.10. The van der Waals surface area contributed by atoms with E-state index in [0.29, 0.717) is 22.3 Å². The van der Waals surface area contributed by atoms with Gasteiger partial charge >= 0.3 is 0 Å². The quantitative estimate of drug-likeness (QED) is 0.766. The lowest BCUT2D eigenvalue weighted by atomic mass is 10.0. The molecule has 3 N–H and O–H groups in total. The van der Waals surface area contributed by atoms with Gasteiger partial charge in [-0.05, 0) is 46.3 Å². The van der Waals surface area contributed by atoms with Crippen LogP contribution in [0.1, 0.15) is 11.6 Å². The number of halogens is 3. The van der Waals surface area contributed by atoms with Gasteiger partial charge in [-0.25, -0.2) is 0 Å². The summed E-state index contributed by atoms with van der Waals surface area (Å²) in [5, 5.41) is 4.62. The maximum Gasteiger partial charge on any atom is 0.125 e. The highest BCUT2D eigenvalue weighted by Gasteiger charge is 2.18. The molecule has 0 aromatic heterocycles. The molecule has 3 nitrogen and oxygen atoms in total. The first kappa shape index (κ1) is 16.4. The van der Waals surface area contributed by atoms with Crippen molar-refractivity contribution < 1.29 is 4.74 Å². The van der Waals surface area contributed by atoms with Gasteiger partial charge in [0.1, 0.15) is 5.75 Å². The fourth-order valence-electron chi connectivity index (χ4n) is 2.07. The Morgan fingerprint density at radius 2 is 2.00 bits per heavy atom. The van der Waals surface area contributed by atoms with E-state index < -0.39 is 0 Å². The SMILES string of the molecule is COc1cccc(Cl)c1C(CN)Nc1ccc(Cl)c(Br)c1. The lowest BCUT2D eigenvalue weighted by Crippen LogP contribution is -2.21. The van der Waals surface area contributed by atoms with Crippen molar-refractivity contribution >= 4 is 44.8 Å². The van der Waals surface area contributed by atoms with Gasteiger partial charge in [-0.1, -0.05) is 29.3 Å². The Bertz CT molecular complexity index is 637. The van der Waals surface area contributed by atoms with Gasteiger partial charge in [0.25, 0.3) is 0 Å². The number of ether oxygens (including phenoxy) is 1. The fourth-order valence-corrected chi connectivity index (χ4v) is 2.86. The Kier molecular flexibility index (Phi) is 5.76. The summed E-state index contributed by atoms with van der Waals surface area (Å²) < 4.78 is 6.19. The van der Waals surface area contributed by atoms with E-state index >= 15 is 0 Å². The van der Waals surface area contributed by atoms with Crippen LogP contribution in [0, 0.1) is 0 Å². The highest BCUT2D eigenvalue weighted by atomic mass is 79.9. The first-order valence-electron chi connectivity index (χ1n) is 6.31. The number of anilines is 1. The van der Waals surface area contributed by atoms with Gasteiger partial charge in [-0.15, -0.1) is 0 Å². The van der Waals surface area contributed by atoms with Crippen molar-refractivity contribution in [1.82, 2.24) is 0 Å². The number of benzene rings is 2. The summed E-state index contributed by atoms with van der Waals surface area (Å²) in [6.07, 6.45) is 0. The molecule has 0 saturated heterocycles. The van der Waals surface area contributed by atoms with E-state index in [0.717, 1.165) is 15.7 Å². The zero-order valence-electron chi connectivity index (χ0n) is 11.4. The smallest absolute Gasteiger partial charge is 0.125 e. The van der Waals surface area contributed by atoms with Crippen LogP contribution in [0.25, 0.3) is 0 Å². The van der Waals surface area contributed by atoms with Crippen LogP contribution in [0.3, 0.4) is 0 Å². The van der Waals surface area contributed by atoms with Gasteiger partial charge in [-0.2, -0.15) is 0 Å². The molecule has 0 aliphatic heterocycles. The van der Waals surface area contributed by atoms with Crippen LogP contribution in [-0.4, -0.2) is 13.7 Å².